The van der Waals surface area contributed by atoms with Crippen molar-refractivity contribution in [1.29, 1.82) is 0 Å². The number of nitrogens with one attached hydrogen (secondary N) is 2. The summed E-state index contributed by atoms with van der Waals surface area (Å²) < 4.78 is 0. The third-order valence-electron chi connectivity index (χ3n) is 4.16. The zero-order chi connectivity index (χ0) is 16.0. The Kier molecular flexibility index (Phi) is 5.66. The Morgan fingerprint density at radius 2 is 2.09 bits per heavy atom. The van der Waals surface area contributed by atoms with E-state index < -0.39 is 0 Å². The second-order valence-corrected chi connectivity index (χ2v) is 6.73. The largest absolute Gasteiger partial charge is 0.396 e. The van der Waals surface area contributed by atoms with E-state index in [0.29, 0.717) is 13.0 Å². The van der Waals surface area contributed by atoms with Crippen LogP contribution in [0.1, 0.15) is 26.7 Å². The van der Waals surface area contributed by atoms with Crippen LogP contribution in [-0.4, -0.2) is 43.4 Å². The highest BCUT2D eigenvalue weighted by atomic mass is 16.3. The summed E-state index contributed by atoms with van der Waals surface area (Å²) in [6.45, 7) is 6.59. The second-order valence-electron chi connectivity index (χ2n) is 6.73. The number of rotatable bonds is 6. The van der Waals surface area contributed by atoms with Crippen LogP contribution < -0.4 is 15.5 Å². The Labute approximate surface area is 132 Å². The number of nitrogens with zero attached hydrogens (tertiary/aromatic N) is 1. The van der Waals surface area contributed by atoms with Crippen LogP contribution in [0, 0.1) is 5.41 Å². The fraction of sp³-hybridized carbons (Fsp3) is 0.588. The summed E-state index contributed by atoms with van der Waals surface area (Å²) in [6, 6.07) is 10.3. The molecule has 5 nitrogen and oxygen atoms in total. The van der Waals surface area contributed by atoms with Gasteiger partial charge in [-0.2, -0.15) is 0 Å². The van der Waals surface area contributed by atoms with Gasteiger partial charge in [0.2, 0.25) is 0 Å². The van der Waals surface area contributed by atoms with Crippen molar-refractivity contribution in [3.05, 3.63) is 30.3 Å². The van der Waals surface area contributed by atoms with E-state index in [2.05, 4.69) is 27.7 Å². The molecular weight excluding hydrogens is 278 g/mol. The lowest BCUT2D eigenvalue weighted by Gasteiger charge is -2.24. The number of carbonyl (C=O) groups excluding carboxylic acids is 1. The van der Waals surface area contributed by atoms with E-state index in [-0.39, 0.29) is 24.1 Å². The highest BCUT2D eigenvalue weighted by Gasteiger charge is 2.24. The van der Waals surface area contributed by atoms with Crippen molar-refractivity contribution in [1.82, 2.24) is 10.6 Å². The average Bonchev–Trinajstić information content (AvgIpc) is 2.95. The van der Waals surface area contributed by atoms with Crippen molar-refractivity contribution >= 4 is 11.7 Å². The number of benzene rings is 1. The Balaban J connectivity index is 1.74. The van der Waals surface area contributed by atoms with E-state index in [0.717, 1.165) is 19.5 Å². The van der Waals surface area contributed by atoms with E-state index in [1.807, 2.05) is 32.0 Å². The average molecular weight is 305 g/mol. The zero-order valence-electron chi connectivity index (χ0n) is 13.5. The number of hydrogen-bond acceptors (Lipinski definition) is 3. The molecular formula is C17H27N3O2. The predicted octanol–water partition coefficient (Wildman–Crippen LogP) is 1.97. The molecule has 1 atom stereocenters. The summed E-state index contributed by atoms with van der Waals surface area (Å²) in [5.74, 6) is 0. The molecule has 0 bridgehead atoms. The van der Waals surface area contributed by atoms with Gasteiger partial charge in [0.25, 0.3) is 0 Å². The molecule has 1 aromatic carbocycles. The molecule has 122 valence electrons. The van der Waals surface area contributed by atoms with Crippen LogP contribution in [-0.2, 0) is 0 Å². The van der Waals surface area contributed by atoms with Crippen molar-refractivity contribution in [2.45, 2.75) is 32.7 Å². The van der Waals surface area contributed by atoms with Gasteiger partial charge in [0.1, 0.15) is 0 Å². The smallest absolute Gasteiger partial charge is 0.315 e. The lowest BCUT2D eigenvalue weighted by molar-refractivity contribution is 0.200. The second kappa shape index (κ2) is 7.49. The van der Waals surface area contributed by atoms with Gasteiger partial charge in [0.15, 0.2) is 0 Å². The lowest BCUT2D eigenvalue weighted by atomic mass is 9.90. The van der Waals surface area contributed by atoms with E-state index in [1.54, 1.807) is 0 Å². The highest BCUT2D eigenvalue weighted by Crippen LogP contribution is 2.20. The van der Waals surface area contributed by atoms with Crippen LogP contribution in [0.15, 0.2) is 30.3 Å². The first kappa shape index (κ1) is 16.6. The van der Waals surface area contributed by atoms with E-state index in [9.17, 15) is 4.79 Å². The number of aliphatic hydroxyl groups is 1. The summed E-state index contributed by atoms with van der Waals surface area (Å²) in [6.07, 6.45) is 1.64. The van der Waals surface area contributed by atoms with Crippen LogP contribution in [0.2, 0.25) is 0 Å². The Morgan fingerprint density at radius 1 is 1.36 bits per heavy atom. The molecule has 1 saturated heterocycles. The number of anilines is 1. The molecule has 1 aromatic rings. The van der Waals surface area contributed by atoms with E-state index in [1.165, 1.54) is 5.69 Å². The van der Waals surface area contributed by atoms with Gasteiger partial charge in [-0.05, 0) is 30.4 Å². The number of carbonyl (C=O) groups is 1. The molecule has 5 heteroatoms. The third kappa shape index (κ3) is 4.91. The molecule has 1 heterocycles. The van der Waals surface area contributed by atoms with Gasteiger partial charge in [-0.3, -0.25) is 0 Å². The fourth-order valence-electron chi connectivity index (χ4n) is 2.70. The first-order valence-electron chi connectivity index (χ1n) is 7.95. The van der Waals surface area contributed by atoms with Crippen molar-refractivity contribution < 1.29 is 9.90 Å². The quantitative estimate of drug-likeness (QED) is 0.753. The maximum atomic E-state index is 12.0. The van der Waals surface area contributed by atoms with Crippen LogP contribution >= 0.6 is 0 Å². The molecule has 1 unspecified atom stereocenters. The monoisotopic (exact) mass is 305 g/mol. The number of para-hydroxylation sites is 1. The summed E-state index contributed by atoms with van der Waals surface area (Å²) in [5, 5.41) is 14.9. The number of hydrogen-bond donors (Lipinski definition) is 3. The molecule has 0 aliphatic carbocycles. The topological polar surface area (TPSA) is 64.6 Å². The molecule has 1 aliphatic rings. The number of urea groups is 1. The summed E-state index contributed by atoms with van der Waals surface area (Å²) >= 11 is 0. The van der Waals surface area contributed by atoms with Gasteiger partial charge < -0.3 is 20.6 Å². The highest BCUT2D eigenvalue weighted by molar-refractivity contribution is 5.74. The molecule has 0 saturated carbocycles. The fourth-order valence-corrected chi connectivity index (χ4v) is 2.70. The van der Waals surface area contributed by atoms with Gasteiger partial charge in [-0.1, -0.05) is 32.0 Å². The first-order valence-corrected chi connectivity index (χ1v) is 7.95. The van der Waals surface area contributed by atoms with Crippen molar-refractivity contribution in [3.63, 3.8) is 0 Å². The molecule has 0 radical (unpaired) electrons. The zero-order valence-corrected chi connectivity index (χ0v) is 13.5. The summed E-state index contributed by atoms with van der Waals surface area (Å²) in [4.78, 5) is 14.3. The Morgan fingerprint density at radius 3 is 2.77 bits per heavy atom. The molecule has 3 N–H and O–H groups in total. The van der Waals surface area contributed by atoms with Crippen molar-refractivity contribution in [2.75, 3.05) is 31.1 Å². The third-order valence-corrected chi connectivity index (χ3v) is 4.16. The van der Waals surface area contributed by atoms with Gasteiger partial charge in [0, 0.05) is 38.0 Å². The molecule has 2 amide bonds. The van der Waals surface area contributed by atoms with Gasteiger partial charge >= 0.3 is 6.03 Å². The summed E-state index contributed by atoms with van der Waals surface area (Å²) in [5.41, 5.74) is 1.12. The molecule has 1 aliphatic heterocycles. The maximum absolute atomic E-state index is 12.0. The Bertz CT molecular complexity index is 476. The number of amides is 2. The molecule has 22 heavy (non-hydrogen) atoms. The predicted molar refractivity (Wildman–Crippen MR) is 89.1 cm³/mol. The maximum Gasteiger partial charge on any atom is 0.315 e. The SMILES string of the molecule is CC(C)(CCO)CNC(=O)NC1CCN(c2ccccc2)C1. The van der Waals surface area contributed by atoms with Gasteiger partial charge in [-0.15, -0.1) is 0 Å². The van der Waals surface area contributed by atoms with Crippen LogP contribution in [0.4, 0.5) is 10.5 Å². The van der Waals surface area contributed by atoms with Crippen LogP contribution in [0.5, 0.6) is 0 Å². The molecule has 0 spiro atoms. The molecule has 1 fully saturated rings. The summed E-state index contributed by atoms with van der Waals surface area (Å²) in [7, 11) is 0. The van der Waals surface area contributed by atoms with Crippen LogP contribution in [0.25, 0.3) is 0 Å². The van der Waals surface area contributed by atoms with Gasteiger partial charge in [0.05, 0.1) is 0 Å². The molecule has 2 rings (SSSR count). The first-order chi connectivity index (χ1) is 10.5. The van der Waals surface area contributed by atoms with E-state index in [4.69, 9.17) is 5.11 Å². The number of aliphatic hydroxyl groups excluding tert-OH is 1. The van der Waals surface area contributed by atoms with Crippen molar-refractivity contribution in [3.8, 4) is 0 Å². The minimum atomic E-state index is -0.120. The standard InChI is InChI=1S/C17H27N3O2/c1-17(2,9-11-21)13-18-16(22)19-14-8-10-20(12-14)15-6-4-3-5-7-15/h3-7,14,21H,8-13H2,1-2H3,(H2,18,19,22). The van der Waals surface area contributed by atoms with Crippen LogP contribution in [0.3, 0.4) is 0 Å². The van der Waals surface area contributed by atoms with Gasteiger partial charge in [-0.25, -0.2) is 4.79 Å². The lowest BCUT2D eigenvalue weighted by Crippen LogP contribution is -2.46. The minimum absolute atomic E-state index is 0.0855. The van der Waals surface area contributed by atoms with Crippen molar-refractivity contribution in [2.24, 2.45) is 5.41 Å². The normalized spacial score (nSPS) is 18.3. The van der Waals surface area contributed by atoms with E-state index >= 15 is 0 Å². The minimum Gasteiger partial charge on any atom is -0.396 e. The Hall–Kier alpha value is -1.75. The molecule has 0 aromatic heterocycles.